The third-order valence-corrected chi connectivity index (χ3v) is 4.11. The van der Waals surface area contributed by atoms with Gasteiger partial charge in [0.1, 0.15) is 0 Å². The number of rotatable bonds is 7. The van der Waals surface area contributed by atoms with E-state index >= 15 is 0 Å². The van der Waals surface area contributed by atoms with Gasteiger partial charge in [-0.15, -0.1) is 0 Å². The predicted molar refractivity (Wildman–Crippen MR) is 95.9 cm³/mol. The summed E-state index contributed by atoms with van der Waals surface area (Å²) in [6.45, 7) is 0.334. The zero-order chi connectivity index (χ0) is 19.1. The van der Waals surface area contributed by atoms with Crippen molar-refractivity contribution in [1.29, 1.82) is 0 Å². The van der Waals surface area contributed by atoms with Gasteiger partial charge in [-0.3, -0.25) is 19.7 Å². The maximum atomic E-state index is 12.8. The zero-order valence-corrected chi connectivity index (χ0v) is 14.8. The topological polar surface area (TPSA) is 89.8 Å². The predicted octanol–water partition coefficient (Wildman–Crippen LogP) is 3.45. The van der Waals surface area contributed by atoms with Crippen LogP contribution in [0.3, 0.4) is 0 Å². The average molecular weight is 377 g/mol. The molecule has 0 saturated carbocycles. The summed E-state index contributed by atoms with van der Waals surface area (Å²) in [5.41, 5.74) is 0.913. The minimum Gasteiger partial charge on any atom is -0.469 e. The molecule has 0 spiro atoms. The second-order valence-electron chi connectivity index (χ2n) is 5.45. The Morgan fingerprint density at radius 2 is 1.81 bits per heavy atom. The molecular weight excluding hydrogens is 360 g/mol. The molecule has 26 heavy (non-hydrogen) atoms. The van der Waals surface area contributed by atoms with E-state index in [1.807, 2.05) is 0 Å². The number of hydrogen-bond acceptors (Lipinski definition) is 5. The van der Waals surface area contributed by atoms with Crippen LogP contribution in [-0.4, -0.2) is 35.4 Å². The van der Waals surface area contributed by atoms with E-state index in [1.165, 1.54) is 36.3 Å². The Hall–Kier alpha value is -2.93. The summed E-state index contributed by atoms with van der Waals surface area (Å²) in [7, 11) is 1.28. The van der Waals surface area contributed by atoms with Crippen molar-refractivity contribution in [3.8, 4) is 0 Å². The van der Waals surface area contributed by atoms with Crippen molar-refractivity contribution in [2.75, 3.05) is 13.7 Å². The molecule has 0 bridgehead atoms. The minimum atomic E-state index is -0.535. The van der Waals surface area contributed by atoms with Crippen molar-refractivity contribution in [2.24, 2.45) is 0 Å². The van der Waals surface area contributed by atoms with Crippen LogP contribution in [0.2, 0.25) is 5.02 Å². The van der Waals surface area contributed by atoms with Gasteiger partial charge >= 0.3 is 5.97 Å². The van der Waals surface area contributed by atoms with E-state index in [0.717, 1.165) is 5.56 Å². The molecule has 136 valence electrons. The highest BCUT2D eigenvalue weighted by Gasteiger charge is 2.19. The van der Waals surface area contributed by atoms with E-state index < -0.39 is 10.9 Å². The number of carbonyl (C=O) groups is 2. The highest BCUT2D eigenvalue weighted by atomic mass is 35.5. The third kappa shape index (κ3) is 5.03. The summed E-state index contributed by atoms with van der Waals surface area (Å²) in [6.07, 6.45) is 0.0275. The lowest BCUT2D eigenvalue weighted by molar-refractivity contribution is -0.384. The Bertz CT molecular complexity index is 807. The van der Waals surface area contributed by atoms with Crippen molar-refractivity contribution in [1.82, 2.24) is 4.90 Å². The average Bonchev–Trinajstić information content (AvgIpc) is 2.65. The normalized spacial score (nSPS) is 10.2. The molecule has 8 heteroatoms. The van der Waals surface area contributed by atoms with Gasteiger partial charge in [-0.2, -0.15) is 0 Å². The minimum absolute atomic E-state index is 0.0275. The molecule has 1 amide bonds. The van der Waals surface area contributed by atoms with Gasteiger partial charge in [0.2, 0.25) is 0 Å². The number of hydrogen-bond donors (Lipinski definition) is 0. The molecule has 7 nitrogen and oxygen atoms in total. The Morgan fingerprint density at radius 3 is 2.38 bits per heavy atom. The van der Waals surface area contributed by atoms with Gasteiger partial charge in [0, 0.05) is 35.8 Å². The second kappa shape index (κ2) is 8.96. The number of amides is 1. The number of carbonyl (C=O) groups excluding carboxylic acids is 2. The van der Waals surface area contributed by atoms with Crippen LogP contribution in [-0.2, 0) is 16.1 Å². The summed E-state index contributed by atoms with van der Waals surface area (Å²) in [6, 6.07) is 12.4. The maximum absolute atomic E-state index is 12.8. The number of methoxy groups -OCH3 is 1. The van der Waals surface area contributed by atoms with Crippen molar-refractivity contribution in [2.45, 2.75) is 13.0 Å². The fourth-order valence-electron chi connectivity index (χ4n) is 2.32. The van der Waals surface area contributed by atoms with Crippen molar-refractivity contribution >= 4 is 29.2 Å². The molecule has 0 aliphatic rings. The highest BCUT2D eigenvalue weighted by molar-refractivity contribution is 6.31. The van der Waals surface area contributed by atoms with Gasteiger partial charge in [-0.1, -0.05) is 29.8 Å². The lowest BCUT2D eigenvalue weighted by Crippen LogP contribution is -2.33. The molecule has 0 radical (unpaired) electrons. The molecule has 2 aromatic rings. The molecule has 0 fully saturated rings. The molecule has 2 aromatic carbocycles. The van der Waals surface area contributed by atoms with Gasteiger partial charge < -0.3 is 9.64 Å². The number of non-ortho nitro benzene ring substituents is 1. The molecule has 0 aliphatic carbocycles. The van der Waals surface area contributed by atoms with Crippen molar-refractivity contribution < 1.29 is 19.2 Å². The van der Waals surface area contributed by atoms with Gasteiger partial charge in [0.25, 0.3) is 11.6 Å². The smallest absolute Gasteiger partial charge is 0.307 e. The first kappa shape index (κ1) is 19.4. The summed E-state index contributed by atoms with van der Waals surface area (Å²) in [5, 5.41) is 11.3. The van der Waals surface area contributed by atoms with Gasteiger partial charge in [-0.25, -0.2) is 0 Å². The zero-order valence-electron chi connectivity index (χ0n) is 14.1. The molecular formula is C18H17ClN2O5. The molecule has 0 unspecified atom stereocenters. The number of nitro benzene ring substituents is 1. The van der Waals surface area contributed by atoms with Crippen LogP contribution in [0.5, 0.6) is 0 Å². The third-order valence-electron chi connectivity index (χ3n) is 3.74. The number of ether oxygens (including phenoxy) is 1. The van der Waals surface area contributed by atoms with Crippen LogP contribution in [0, 0.1) is 10.1 Å². The lowest BCUT2D eigenvalue weighted by atomic mass is 10.1. The molecule has 0 aromatic heterocycles. The number of nitro groups is 1. The lowest BCUT2D eigenvalue weighted by Gasteiger charge is -2.23. The molecule has 0 N–H and O–H groups in total. The van der Waals surface area contributed by atoms with Crippen LogP contribution in [0.1, 0.15) is 22.3 Å². The number of benzene rings is 2. The Morgan fingerprint density at radius 1 is 1.15 bits per heavy atom. The first-order valence-corrected chi connectivity index (χ1v) is 8.14. The number of esters is 1. The van der Waals surface area contributed by atoms with Crippen LogP contribution >= 0.6 is 11.6 Å². The second-order valence-corrected chi connectivity index (χ2v) is 5.86. The standard InChI is InChI=1S/C18H17ClN2O5/c1-26-17(22)10-11-20(12-14-4-2-3-5-16(14)19)18(23)13-6-8-15(9-7-13)21(24)25/h2-9H,10-12H2,1H3. The van der Waals surface area contributed by atoms with Crippen LogP contribution in [0.4, 0.5) is 5.69 Å². The maximum Gasteiger partial charge on any atom is 0.307 e. The Kier molecular flexibility index (Phi) is 6.68. The largest absolute Gasteiger partial charge is 0.469 e. The molecule has 0 saturated heterocycles. The summed E-state index contributed by atoms with van der Waals surface area (Å²) < 4.78 is 4.62. The molecule has 0 aliphatic heterocycles. The van der Waals surface area contributed by atoms with Crippen molar-refractivity contribution in [3.05, 3.63) is 74.8 Å². The SMILES string of the molecule is COC(=O)CCN(Cc1ccccc1Cl)C(=O)c1ccc([N+](=O)[O-])cc1. The highest BCUT2D eigenvalue weighted by Crippen LogP contribution is 2.20. The van der Waals surface area contributed by atoms with E-state index in [-0.39, 0.29) is 36.7 Å². The first-order chi connectivity index (χ1) is 12.4. The van der Waals surface area contributed by atoms with Crippen LogP contribution in [0.25, 0.3) is 0 Å². The van der Waals surface area contributed by atoms with Crippen LogP contribution < -0.4 is 0 Å². The van der Waals surface area contributed by atoms with E-state index in [1.54, 1.807) is 24.3 Å². The quantitative estimate of drug-likeness (QED) is 0.419. The van der Waals surface area contributed by atoms with Gasteiger partial charge in [0.15, 0.2) is 0 Å². The van der Waals surface area contributed by atoms with Crippen LogP contribution in [0.15, 0.2) is 48.5 Å². The van der Waals surface area contributed by atoms with Gasteiger partial charge in [-0.05, 0) is 23.8 Å². The van der Waals surface area contributed by atoms with Crippen molar-refractivity contribution in [3.63, 3.8) is 0 Å². The summed E-state index contributed by atoms with van der Waals surface area (Å²) >= 11 is 6.16. The van der Waals surface area contributed by atoms with Gasteiger partial charge in [0.05, 0.1) is 18.5 Å². The monoisotopic (exact) mass is 376 g/mol. The van der Waals surface area contributed by atoms with E-state index in [2.05, 4.69) is 4.74 Å². The number of nitrogens with zero attached hydrogens (tertiary/aromatic N) is 2. The summed E-state index contributed by atoms with van der Waals surface area (Å²) in [5.74, 6) is -0.797. The molecule has 0 heterocycles. The number of halogens is 1. The van der Waals surface area contributed by atoms with E-state index in [9.17, 15) is 19.7 Å². The fraction of sp³-hybridized carbons (Fsp3) is 0.222. The van der Waals surface area contributed by atoms with E-state index in [4.69, 9.17) is 11.6 Å². The Labute approximate surface area is 155 Å². The fourth-order valence-corrected chi connectivity index (χ4v) is 2.52. The molecule has 2 rings (SSSR count). The van der Waals surface area contributed by atoms with E-state index in [0.29, 0.717) is 5.02 Å². The Balaban J connectivity index is 2.23. The summed E-state index contributed by atoms with van der Waals surface area (Å²) in [4.78, 5) is 35.9. The first-order valence-electron chi connectivity index (χ1n) is 7.76. The molecule has 0 atom stereocenters.